The van der Waals surface area contributed by atoms with Crippen LogP contribution in [0, 0.1) is 6.92 Å². The topological polar surface area (TPSA) is 26.3 Å². The molecule has 28 heavy (non-hydrogen) atoms. The Morgan fingerprint density at radius 3 is 2.39 bits per heavy atom. The third-order valence-electron chi connectivity index (χ3n) is 5.43. The van der Waals surface area contributed by atoms with Crippen molar-refractivity contribution in [2.24, 2.45) is 0 Å². The van der Waals surface area contributed by atoms with Gasteiger partial charge in [0.05, 0.1) is 0 Å². The highest BCUT2D eigenvalue weighted by atomic mass is 79.9. The summed E-state index contributed by atoms with van der Waals surface area (Å²) in [5, 5.41) is 0. The van der Waals surface area contributed by atoms with Crippen molar-refractivity contribution in [3.8, 4) is 0 Å². The molecule has 3 aromatic rings. The van der Waals surface area contributed by atoms with Gasteiger partial charge in [0.15, 0.2) is 5.67 Å². The molecule has 0 unspecified atom stereocenters. The zero-order valence-corrected chi connectivity index (χ0v) is 17.1. The maximum absolute atomic E-state index is 16.2. The van der Waals surface area contributed by atoms with E-state index in [9.17, 15) is 4.79 Å². The third-order valence-corrected chi connectivity index (χ3v) is 5.96. The van der Waals surface area contributed by atoms with Crippen LogP contribution in [0.2, 0.25) is 0 Å². The molecule has 1 aliphatic rings. The summed E-state index contributed by atoms with van der Waals surface area (Å²) in [7, 11) is 0. The van der Waals surface area contributed by atoms with Crippen molar-refractivity contribution in [1.29, 1.82) is 0 Å². The summed E-state index contributed by atoms with van der Waals surface area (Å²) in [4.78, 5) is 13.2. The second kappa shape index (κ2) is 7.17. The van der Waals surface area contributed by atoms with E-state index in [0.717, 1.165) is 15.6 Å². The maximum Gasteiger partial charge on any atom is 0.320 e. The van der Waals surface area contributed by atoms with Crippen LogP contribution in [0.1, 0.15) is 28.7 Å². The van der Waals surface area contributed by atoms with Crippen LogP contribution in [-0.2, 0) is 27.2 Å². The SMILES string of the molecule is Cc1cccc([C@]2(F)C[C@]2(C(=O)OCc2ccccc2)c2ccc(Br)cc2)c1. The molecule has 0 aliphatic heterocycles. The predicted octanol–water partition coefficient (Wildman–Crippen LogP) is 6.01. The average Bonchev–Trinajstić information content (AvgIpc) is 3.36. The van der Waals surface area contributed by atoms with Crippen LogP contribution >= 0.6 is 15.9 Å². The fourth-order valence-electron chi connectivity index (χ4n) is 3.82. The number of aryl methyl sites for hydroxylation is 1. The second-order valence-corrected chi connectivity index (χ2v) is 8.24. The van der Waals surface area contributed by atoms with Gasteiger partial charge in [-0.2, -0.15) is 0 Å². The van der Waals surface area contributed by atoms with Crippen LogP contribution in [0.4, 0.5) is 4.39 Å². The van der Waals surface area contributed by atoms with Gasteiger partial charge in [0, 0.05) is 10.9 Å². The fourth-order valence-corrected chi connectivity index (χ4v) is 4.09. The van der Waals surface area contributed by atoms with Gasteiger partial charge in [-0.3, -0.25) is 4.79 Å². The van der Waals surface area contributed by atoms with Crippen molar-refractivity contribution in [2.75, 3.05) is 0 Å². The summed E-state index contributed by atoms with van der Waals surface area (Å²) in [6.45, 7) is 2.05. The first-order valence-corrected chi connectivity index (χ1v) is 9.98. The van der Waals surface area contributed by atoms with Gasteiger partial charge < -0.3 is 4.74 Å². The molecule has 0 amide bonds. The molecule has 0 heterocycles. The van der Waals surface area contributed by atoms with Gasteiger partial charge in [-0.25, -0.2) is 4.39 Å². The number of hydrogen-bond donors (Lipinski definition) is 0. The van der Waals surface area contributed by atoms with E-state index in [1.165, 1.54) is 0 Å². The maximum atomic E-state index is 16.2. The van der Waals surface area contributed by atoms with Crippen LogP contribution in [0.15, 0.2) is 83.3 Å². The molecule has 0 N–H and O–H groups in total. The Morgan fingerprint density at radius 1 is 1.00 bits per heavy atom. The van der Waals surface area contributed by atoms with Crippen molar-refractivity contribution >= 4 is 21.9 Å². The highest BCUT2D eigenvalue weighted by molar-refractivity contribution is 9.10. The lowest BCUT2D eigenvalue weighted by Crippen LogP contribution is -2.30. The van der Waals surface area contributed by atoms with E-state index in [0.29, 0.717) is 11.1 Å². The number of benzene rings is 3. The number of rotatable bonds is 5. The van der Waals surface area contributed by atoms with E-state index < -0.39 is 17.1 Å². The number of alkyl halides is 1. The molecule has 0 saturated heterocycles. The number of ether oxygens (including phenoxy) is 1. The largest absolute Gasteiger partial charge is 0.460 e. The Labute approximate surface area is 172 Å². The number of carbonyl (C=O) groups excluding carboxylic acids is 1. The van der Waals surface area contributed by atoms with Crippen molar-refractivity contribution in [3.05, 3.63) is 106 Å². The minimum absolute atomic E-state index is 0.0821. The van der Waals surface area contributed by atoms with Gasteiger partial charge in [-0.1, -0.05) is 88.2 Å². The lowest BCUT2D eigenvalue weighted by Gasteiger charge is -2.20. The standard InChI is InChI=1S/C24H20BrFO2/c1-17-6-5-9-20(14-17)24(26)16-23(24,19-10-12-21(25)13-11-19)22(27)28-15-18-7-3-2-4-8-18/h2-14H,15-16H2,1H3/t23-,24-/m1/s1. The summed E-state index contributed by atoms with van der Waals surface area (Å²) in [5.41, 5.74) is -0.104. The zero-order chi connectivity index (χ0) is 19.8. The summed E-state index contributed by atoms with van der Waals surface area (Å²) in [5.74, 6) is -0.525. The Morgan fingerprint density at radius 2 is 1.71 bits per heavy atom. The van der Waals surface area contributed by atoms with Crippen LogP contribution in [0.5, 0.6) is 0 Å². The smallest absolute Gasteiger partial charge is 0.320 e. The third kappa shape index (κ3) is 3.16. The Balaban J connectivity index is 1.69. The van der Waals surface area contributed by atoms with E-state index in [1.807, 2.05) is 67.6 Å². The van der Waals surface area contributed by atoms with Crippen LogP contribution in [-0.4, -0.2) is 5.97 Å². The first kappa shape index (κ1) is 18.9. The molecule has 2 nitrogen and oxygen atoms in total. The van der Waals surface area contributed by atoms with Crippen LogP contribution in [0.3, 0.4) is 0 Å². The van der Waals surface area contributed by atoms with E-state index >= 15 is 4.39 Å². The van der Waals surface area contributed by atoms with Gasteiger partial charge in [0.25, 0.3) is 0 Å². The summed E-state index contributed by atoms with van der Waals surface area (Å²) >= 11 is 3.40. The van der Waals surface area contributed by atoms with Crippen molar-refractivity contribution < 1.29 is 13.9 Å². The number of halogens is 2. The second-order valence-electron chi connectivity index (χ2n) is 7.32. The highest BCUT2D eigenvalue weighted by Gasteiger charge is 2.76. The van der Waals surface area contributed by atoms with E-state index in [4.69, 9.17) is 4.74 Å². The molecule has 1 saturated carbocycles. The molecule has 142 valence electrons. The lowest BCUT2D eigenvalue weighted by atomic mass is 9.89. The molecule has 0 spiro atoms. The molecule has 0 aromatic heterocycles. The average molecular weight is 439 g/mol. The monoisotopic (exact) mass is 438 g/mol. The number of hydrogen-bond acceptors (Lipinski definition) is 2. The van der Waals surface area contributed by atoms with Gasteiger partial charge in [0.2, 0.25) is 0 Å². The first-order valence-electron chi connectivity index (χ1n) is 9.19. The van der Waals surface area contributed by atoms with Gasteiger partial charge in [0.1, 0.15) is 12.0 Å². The molecule has 0 radical (unpaired) electrons. The quantitative estimate of drug-likeness (QED) is 0.456. The van der Waals surface area contributed by atoms with Crippen molar-refractivity contribution in [3.63, 3.8) is 0 Å². The van der Waals surface area contributed by atoms with Gasteiger partial charge >= 0.3 is 5.97 Å². The highest BCUT2D eigenvalue weighted by Crippen LogP contribution is 2.67. The van der Waals surface area contributed by atoms with Gasteiger partial charge in [-0.05, 0) is 35.7 Å². The van der Waals surface area contributed by atoms with Crippen molar-refractivity contribution in [2.45, 2.75) is 31.0 Å². The molecule has 0 bridgehead atoms. The van der Waals surface area contributed by atoms with Gasteiger partial charge in [-0.15, -0.1) is 0 Å². The predicted molar refractivity (Wildman–Crippen MR) is 111 cm³/mol. The Kier molecular flexibility index (Phi) is 4.84. The summed E-state index contributed by atoms with van der Waals surface area (Å²) in [6.07, 6.45) is 0.0821. The molecule has 1 fully saturated rings. The Bertz CT molecular complexity index is 1000. The minimum atomic E-state index is -1.78. The molecule has 4 rings (SSSR count). The van der Waals surface area contributed by atoms with Crippen LogP contribution in [0.25, 0.3) is 0 Å². The van der Waals surface area contributed by atoms with E-state index in [2.05, 4.69) is 15.9 Å². The fraction of sp³-hybridized carbons (Fsp3) is 0.208. The number of carbonyl (C=O) groups is 1. The molecule has 1 aliphatic carbocycles. The molecule has 3 aromatic carbocycles. The minimum Gasteiger partial charge on any atom is -0.460 e. The van der Waals surface area contributed by atoms with Crippen molar-refractivity contribution in [1.82, 2.24) is 0 Å². The number of esters is 1. The first-order chi connectivity index (χ1) is 13.5. The van der Waals surface area contributed by atoms with Crippen LogP contribution < -0.4 is 0 Å². The molecular formula is C24H20BrFO2. The zero-order valence-electron chi connectivity index (χ0n) is 15.5. The summed E-state index contributed by atoms with van der Waals surface area (Å²) in [6, 6.07) is 24.0. The summed E-state index contributed by atoms with van der Waals surface area (Å²) < 4.78 is 22.7. The molecule has 2 atom stereocenters. The molecule has 4 heteroatoms. The lowest BCUT2D eigenvalue weighted by molar-refractivity contribution is -0.149. The van der Waals surface area contributed by atoms with E-state index in [-0.39, 0.29) is 13.0 Å². The normalized spacial score (nSPS) is 23.2. The molecular weight excluding hydrogens is 419 g/mol. The van der Waals surface area contributed by atoms with E-state index in [1.54, 1.807) is 18.2 Å². The Hall–Kier alpha value is -2.46.